The van der Waals surface area contributed by atoms with E-state index in [2.05, 4.69) is 32.8 Å². The Bertz CT molecular complexity index is 634. The molecule has 2 N–H and O–H groups in total. The first kappa shape index (κ1) is 15.2. The van der Waals surface area contributed by atoms with E-state index in [0.717, 1.165) is 28.6 Å². The monoisotopic (exact) mass is 357 g/mol. The molecule has 0 saturated carbocycles. The van der Waals surface area contributed by atoms with Crippen molar-refractivity contribution in [3.05, 3.63) is 50.6 Å². The molecule has 0 aliphatic carbocycles. The van der Waals surface area contributed by atoms with Gasteiger partial charge in [0.2, 0.25) is 0 Å². The summed E-state index contributed by atoms with van der Waals surface area (Å²) in [5.74, 6) is 0.640. The van der Waals surface area contributed by atoms with Crippen molar-refractivity contribution in [2.24, 2.45) is 0 Å². The number of anilines is 1. The fourth-order valence-electron chi connectivity index (χ4n) is 1.88. The van der Waals surface area contributed by atoms with E-state index in [-0.39, 0.29) is 5.82 Å². The van der Waals surface area contributed by atoms with Crippen LogP contribution in [-0.4, -0.2) is 9.97 Å². The van der Waals surface area contributed by atoms with Crippen molar-refractivity contribution >= 4 is 33.3 Å². The lowest BCUT2D eigenvalue weighted by Gasteiger charge is -2.09. The summed E-state index contributed by atoms with van der Waals surface area (Å²) in [6.07, 6.45) is 2.20. The first-order chi connectivity index (χ1) is 9.51. The van der Waals surface area contributed by atoms with Crippen molar-refractivity contribution < 1.29 is 4.39 Å². The molecule has 0 atom stereocenters. The van der Waals surface area contributed by atoms with Gasteiger partial charge in [0.25, 0.3) is 0 Å². The summed E-state index contributed by atoms with van der Waals surface area (Å²) >= 11 is 9.41. The molecule has 0 fully saturated rings. The number of hydrogen-bond donors (Lipinski definition) is 1. The van der Waals surface area contributed by atoms with Crippen LogP contribution in [0.3, 0.4) is 0 Å². The van der Waals surface area contributed by atoms with E-state index >= 15 is 0 Å². The van der Waals surface area contributed by atoms with Crippen LogP contribution in [0.25, 0.3) is 0 Å². The molecular formula is C14H14BrClFN3. The van der Waals surface area contributed by atoms with Crippen molar-refractivity contribution in [3.8, 4) is 0 Å². The van der Waals surface area contributed by atoms with Crippen LogP contribution in [0.2, 0.25) is 5.02 Å². The van der Waals surface area contributed by atoms with Crippen LogP contribution >= 0.6 is 27.5 Å². The SMILES string of the molecule is CCCc1nc(Cc2ccc(F)cc2Cl)nc(N)c1Br. The van der Waals surface area contributed by atoms with Crippen LogP contribution in [0.1, 0.15) is 30.4 Å². The van der Waals surface area contributed by atoms with Crippen LogP contribution in [0.15, 0.2) is 22.7 Å². The van der Waals surface area contributed by atoms with Gasteiger partial charge < -0.3 is 5.73 Å². The van der Waals surface area contributed by atoms with Crippen LogP contribution < -0.4 is 5.73 Å². The largest absolute Gasteiger partial charge is 0.383 e. The molecule has 1 aromatic carbocycles. The third kappa shape index (κ3) is 3.46. The van der Waals surface area contributed by atoms with Gasteiger partial charge in [0.05, 0.1) is 10.2 Å². The minimum absolute atomic E-state index is 0.360. The number of benzene rings is 1. The van der Waals surface area contributed by atoms with Crippen molar-refractivity contribution in [2.75, 3.05) is 5.73 Å². The maximum atomic E-state index is 13.0. The molecule has 0 unspecified atom stereocenters. The average molecular weight is 359 g/mol. The number of nitrogen functional groups attached to an aromatic ring is 1. The third-order valence-corrected chi connectivity index (χ3v) is 4.06. The molecule has 1 heterocycles. The number of hydrogen-bond acceptors (Lipinski definition) is 3. The van der Waals surface area contributed by atoms with Gasteiger partial charge in [-0.15, -0.1) is 0 Å². The van der Waals surface area contributed by atoms with Gasteiger partial charge in [-0.05, 0) is 40.0 Å². The zero-order valence-corrected chi connectivity index (χ0v) is 13.3. The average Bonchev–Trinajstić information content (AvgIpc) is 2.39. The summed E-state index contributed by atoms with van der Waals surface area (Å²) in [6, 6.07) is 4.29. The molecule has 2 aromatic rings. The number of halogens is 3. The van der Waals surface area contributed by atoms with Gasteiger partial charge in [-0.2, -0.15) is 0 Å². The summed E-state index contributed by atoms with van der Waals surface area (Å²) in [5, 5.41) is 0.368. The maximum absolute atomic E-state index is 13.0. The molecule has 3 nitrogen and oxygen atoms in total. The Morgan fingerprint density at radius 3 is 2.75 bits per heavy atom. The number of nitrogens with two attached hydrogens (primary N) is 1. The minimum Gasteiger partial charge on any atom is -0.383 e. The van der Waals surface area contributed by atoms with Gasteiger partial charge in [-0.3, -0.25) is 0 Å². The molecule has 0 aliphatic rings. The summed E-state index contributed by atoms with van der Waals surface area (Å²) in [7, 11) is 0. The molecule has 0 amide bonds. The molecular weight excluding hydrogens is 345 g/mol. The third-order valence-electron chi connectivity index (χ3n) is 2.84. The molecule has 20 heavy (non-hydrogen) atoms. The van der Waals surface area contributed by atoms with Crippen molar-refractivity contribution in [1.29, 1.82) is 0 Å². The van der Waals surface area contributed by atoms with E-state index in [1.165, 1.54) is 12.1 Å². The Hall–Kier alpha value is -1.20. The highest BCUT2D eigenvalue weighted by molar-refractivity contribution is 9.10. The van der Waals surface area contributed by atoms with Gasteiger partial charge in [-0.1, -0.05) is 31.0 Å². The number of rotatable bonds is 4. The Morgan fingerprint density at radius 2 is 2.10 bits per heavy atom. The van der Waals surface area contributed by atoms with Gasteiger partial charge >= 0.3 is 0 Å². The molecule has 6 heteroatoms. The van der Waals surface area contributed by atoms with Crippen molar-refractivity contribution in [3.63, 3.8) is 0 Å². The number of nitrogens with zero attached hydrogens (tertiary/aromatic N) is 2. The molecule has 106 valence electrons. The molecule has 2 rings (SSSR count). The van der Waals surface area contributed by atoms with E-state index in [9.17, 15) is 4.39 Å². The van der Waals surface area contributed by atoms with Gasteiger partial charge in [0.15, 0.2) is 0 Å². The lowest BCUT2D eigenvalue weighted by atomic mass is 10.1. The van der Waals surface area contributed by atoms with Crippen LogP contribution in [0.4, 0.5) is 10.2 Å². The Labute approximate surface area is 130 Å². The van der Waals surface area contributed by atoms with Crippen LogP contribution in [0.5, 0.6) is 0 Å². The predicted octanol–water partition coefficient (Wildman–Crippen LogP) is 4.16. The lowest BCUT2D eigenvalue weighted by Crippen LogP contribution is -2.06. The highest BCUT2D eigenvalue weighted by atomic mass is 79.9. The zero-order chi connectivity index (χ0) is 14.7. The van der Waals surface area contributed by atoms with E-state index in [1.807, 2.05) is 0 Å². The van der Waals surface area contributed by atoms with E-state index in [0.29, 0.717) is 23.1 Å². The lowest BCUT2D eigenvalue weighted by molar-refractivity contribution is 0.627. The standard InChI is InChI=1S/C14H14BrClFN3/c1-2-3-11-13(15)14(18)20-12(19-11)6-8-4-5-9(17)7-10(8)16/h4-5,7H,2-3,6H2,1H3,(H2,18,19,20). The Morgan fingerprint density at radius 1 is 1.35 bits per heavy atom. The molecule has 0 radical (unpaired) electrons. The molecule has 0 bridgehead atoms. The van der Waals surface area contributed by atoms with E-state index in [1.54, 1.807) is 6.07 Å². The summed E-state index contributed by atoms with van der Waals surface area (Å²) in [6.45, 7) is 2.07. The highest BCUT2D eigenvalue weighted by Gasteiger charge is 2.11. The number of aromatic nitrogens is 2. The van der Waals surface area contributed by atoms with Gasteiger partial charge in [-0.25, -0.2) is 14.4 Å². The van der Waals surface area contributed by atoms with Gasteiger partial charge in [0, 0.05) is 11.4 Å². The minimum atomic E-state index is -0.360. The topological polar surface area (TPSA) is 51.8 Å². The van der Waals surface area contributed by atoms with E-state index < -0.39 is 0 Å². The van der Waals surface area contributed by atoms with E-state index in [4.69, 9.17) is 17.3 Å². The molecule has 0 saturated heterocycles. The smallest absolute Gasteiger partial charge is 0.141 e. The Kier molecular flexibility index (Phi) is 4.94. The highest BCUT2D eigenvalue weighted by Crippen LogP contribution is 2.24. The first-order valence-corrected chi connectivity index (χ1v) is 7.43. The van der Waals surface area contributed by atoms with Crippen LogP contribution in [0, 0.1) is 5.82 Å². The summed E-state index contributed by atoms with van der Waals surface area (Å²) < 4.78 is 13.8. The summed E-state index contributed by atoms with van der Waals surface area (Å²) in [4.78, 5) is 8.73. The molecule has 1 aromatic heterocycles. The molecule has 0 aliphatic heterocycles. The van der Waals surface area contributed by atoms with Crippen molar-refractivity contribution in [2.45, 2.75) is 26.2 Å². The van der Waals surface area contributed by atoms with Crippen LogP contribution in [-0.2, 0) is 12.8 Å². The predicted molar refractivity (Wildman–Crippen MR) is 82.4 cm³/mol. The maximum Gasteiger partial charge on any atom is 0.141 e. The van der Waals surface area contributed by atoms with Crippen molar-refractivity contribution in [1.82, 2.24) is 9.97 Å². The zero-order valence-electron chi connectivity index (χ0n) is 11.0. The quantitative estimate of drug-likeness (QED) is 0.893. The normalized spacial score (nSPS) is 10.8. The number of aryl methyl sites for hydroxylation is 1. The first-order valence-electron chi connectivity index (χ1n) is 6.26. The summed E-state index contributed by atoms with van der Waals surface area (Å²) in [5.41, 5.74) is 7.53. The second-order valence-corrected chi connectivity index (χ2v) is 5.65. The fourth-order valence-corrected chi connectivity index (χ4v) is 2.49. The molecule has 0 spiro atoms. The fraction of sp³-hybridized carbons (Fsp3) is 0.286. The second-order valence-electron chi connectivity index (χ2n) is 4.45. The Balaban J connectivity index is 2.33. The second kappa shape index (κ2) is 6.50. The van der Waals surface area contributed by atoms with Gasteiger partial charge in [0.1, 0.15) is 17.5 Å².